The second kappa shape index (κ2) is 9.57. The summed E-state index contributed by atoms with van der Waals surface area (Å²) in [5.74, 6) is 0.395. The molecule has 0 aromatic heterocycles. The van der Waals surface area contributed by atoms with E-state index in [1.54, 1.807) is 37.3 Å². The number of nitrogens with zero attached hydrogens (tertiary/aromatic N) is 1. The van der Waals surface area contributed by atoms with Crippen molar-refractivity contribution in [3.05, 3.63) is 53.6 Å². The van der Waals surface area contributed by atoms with Crippen LogP contribution in [-0.2, 0) is 26.1 Å². The number of hydrogen-bond acceptors (Lipinski definition) is 6. The third kappa shape index (κ3) is 5.24. The van der Waals surface area contributed by atoms with E-state index in [2.05, 4.69) is 0 Å². The molecule has 0 N–H and O–H groups in total. The second-order valence-corrected chi connectivity index (χ2v) is 8.02. The van der Waals surface area contributed by atoms with Gasteiger partial charge in [-0.2, -0.15) is 4.31 Å². The highest BCUT2D eigenvalue weighted by Gasteiger charge is 2.27. The molecule has 0 aliphatic heterocycles. The molecule has 2 aromatic rings. The van der Waals surface area contributed by atoms with Gasteiger partial charge in [0.05, 0.1) is 25.7 Å². The number of carbonyl (C=O) groups is 1. The molecule has 0 aliphatic rings. The molecule has 2 rings (SSSR count). The SMILES string of the molecule is CCOC(=O)CN(Cc1ccc(OC)c(OC)c1)S(=O)(=O)c1ccc(C)cc1. The molecule has 0 saturated carbocycles. The third-order valence-electron chi connectivity index (χ3n) is 4.08. The fraction of sp³-hybridized carbons (Fsp3) is 0.350. The second-order valence-electron chi connectivity index (χ2n) is 6.08. The molecular formula is C20H25NO6S. The number of hydrogen-bond donors (Lipinski definition) is 0. The predicted molar refractivity (Wildman–Crippen MR) is 105 cm³/mol. The third-order valence-corrected chi connectivity index (χ3v) is 5.88. The zero-order valence-electron chi connectivity index (χ0n) is 16.5. The molecule has 0 amide bonds. The molecule has 8 heteroatoms. The lowest BCUT2D eigenvalue weighted by Crippen LogP contribution is -2.36. The summed E-state index contributed by atoms with van der Waals surface area (Å²) in [4.78, 5) is 12.1. The van der Waals surface area contributed by atoms with Crippen LogP contribution in [0, 0.1) is 6.92 Å². The van der Waals surface area contributed by atoms with Gasteiger partial charge in [-0.15, -0.1) is 0 Å². The lowest BCUT2D eigenvalue weighted by Gasteiger charge is -2.22. The van der Waals surface area contributed by atoms with Crippen LogP contribution in [0.4, 0.5) is 0 Å². The summed E-state index contributed by atoms with van der Waals surface area (Å²) >= 11 is 0. The molecule has 28 heavy (non-hydrogen) atoms. The number of methoxy groups -OCH3 is 2. The number of ether oxygens (including phenoxy) is 3. The van der Waals surface area contributed by atoms with Gasteiger partial charge in [0.2, 0.25) is 10.0 Å². The van der Waals surface area contributed by atoms with E-state index in [1.165, 1.54) is 26.4 Å². The Morgan fingerprint density at radius 1 is 1.00 bits per heavy atom. The van der Waals surface area contributed by atoms with Crippen molar-refractivity contribution in [1.29, 1.82) is 0 Å². The van der Waals surface area contributed by atoms with E-state index in [1.807, 2.05) is 6.92 Å². The van der Waals surface area contributed by atoms with Crippen molar-refractivity contribution in [2.24, 2.45) is 0 Å². The Balaban J connectivity index is 2.39. The maximum Gasteiger partial charge on any atom is 0.321 e. The Hall–Kier alpha value is -2.58. The largest absolute Gasteiger partial charge is 0.493 e. The molecule has 0 heterocycles. The molecule has 0 aliphatic carbocycles. The van der Waals surface area contributed by atoms with Crippen molar-refractivity contribution in [3.8, 4) is 11.5 Å². The van der Waals surface area contributed by atoms with Gasteiger partial charge in [0.1, 0.15) is 6.54 Å². The summed E-state index contributed by atoms with van der Waals surface area (Å²) in [5.41, 5.74) is 1.59. The molecule has 0 bridgehead atoms. The number of benzene rings is 2. The molecule has 0 radical (unpaired) electrons. The Labute approximate surface area is 165 Å². The summed E-state index contributed by atoms with van der Waals surface area (Å²) in [6.45, 7) is 3.31. The summed E-state index contributed by atoms with van der Waals surface area (Å²) in [5, 5.41) is 0. The van der Waals surface area contributed by atoms with Gasteiger partial charge < -0.3 is 14.2 Å². The molecule has 7 nitrogen and oxygen atoms in total. The fourth-order valence-corrected chi connectivity index (χ4v) is 3.99. The minimum atomic E-state index is -3.90. The first kappa shape index (κ1) is 21.7. The van der Waals surface area contributed by atoms with Crippen LogP contribution in [0.5, 0.6) is 11.5 Å². The van der Waals surface area contributed by atoms with Crippen LogP contribution in [0.1, 0.15) is 18.1 Å². The predicted octanol–water partition coefficient (Wildman–Crippen LogP) is 2.77. The highest BCUT2D eigenvalue weighted by Crippen LogP contribution is 2.29. The van der Waals surface area contributed by atoms with E-state index in [0.717, 1.165) is 9.87 Å². The average molecular weight is 407 g/mol. The van der Waals surface area contributed by atoms with Crippen molar-refractivity contribution < 1.29 is 27.4 Å². The van der Waals surface area contributed by atoms with Crippen LogP contribution in [0.2, 0.25) is 0 Å². The van der Waals surface area contributed by atoms with E-state index in [4.69, 9.17) is 14.2 Å². The first-order valence-corrected chi connectivity index (χ1v) is 10.2. The molecular weight excluding hydrogens is 382 g/mol. The first-order valence-electron chi connectivity index (χ1n) is 8.75. The van der Waals surface area contributed by atoms with E-state index >= 15 is 0 Å². The molecule has 0 fully saturated rings. The highest BCUT2D eigenvalue weighted by atomic mass is 32.2. The Morgan fingerprint density at radius 3 is 2.21 bits per heavy atom. The summed E-state index contributed by atoms with van der Waals surface area (Å²) < 4.78 is 42.8. The van der Waals surface area contributed by atoms with E-state index in [-0.39, 0.29) is 18.0 Å². The van der Waals surface area contributed by atoms with Crippen LogP contribution in [0.25, 0.3) is 0 Å². The smallest absolute Gasteiger partial charge is 0.321 e. The molecule has 2 aromatic carbocycles. The molecule has 0 atom stereocenters. The average Bonchev–Trinajstić information content (AvgIpc) is 2.67. The summed E-state index contributed by atoms with van der Waals surface area (Å²) in [6, 6.07) is 11.6. The van der Waals surface area contributed by atoms with Crippen LogP contribution < -0.4 is 9.47 Å². The lowest BCUT2D eigenvalue weighted by molar-refractivity contribution is -0.143. The van der Waals surface area contributed by atoms with Gasteiger partial charge in [0.25, 0.3) is 0 Å². The maximum absolute atomic E-state index is 13.1. The Morgan fingerprint density at radius 2 is 1.64 bits per heavy atom. The zero-order chi connectivity index (χ0) is 20.7. The summed E-state index contributed by atoms with van der Waals surface area (Å²) in [7, 11) is -0.883. The van der Waals surface area contributed by atoms with Crippen LogP contribution in [0.3, 0.4) is 0 Å². The summed E-state index contributed by atoms with van der Waals surface area (Å²) in [6.07, 6.45) is 0. The van der Waals surface area contributed by atoms with Crippen molar-refractivity contribution in [2.75, 3.05) is 27.4 Å². The van der Waals surface area contributed by atoms with Gasteiger partial charge in [-0.3, -0.25) is 4.79 Å². The lowest BCUT2D eigenvalue weighted by atomic mass is 10.2. The number of aryl methyl sites for hydroxylation is 1. The monoisotopic (exact) mass is 407 g/mol. The van der Waals surface area contributed by atoms with Gasteiger partial charge in [-0.1, -0.05) is 23.8 Å². The van der Waals surface area contributed by atoms with E-state index in [9.17, 15) is 13.2 Å². The minimum absolute atomic E-state index is 0.0185. The van der Waals surface area contributed by atoms with E-state index < -0.39 is 22.5 Å². The molecule has 0 spiro atoms. The van der Waals surface area contributed by atoms with Gasteiger partial charge in [0, 0.05) is 6.54 Å². The first-order chi connectivity index (χ1) is 13.3. The van der Waals surface area contributed by atoms with Crippen molar-refractivity contribution in [1.82, 2.24) is 4.31 Å². The maximum atomic E-state index is 13.1. The zero-order valence-corrected chi connectivity index (χ0v) is 17.3. The number of sulfonamides is 1. The molecule has 152 valence electrons. The number of rotatable bonds is 9. The Kier molecular flexibility index (Phi) is 7.42. The van der Waals surface area contributed by atoms with E-state index in [0.29, 0.717) is 17.1 Å². The normalized spacial score (nSPS) is 11.3. The van der Waals surface area contributed by atoms with Gasteiger partial charge in [-0.25, -0.2) is 8.42 Å². The van der Waals surface area contributed by atoms with Gasteiger partial charge >= 0.3 is 5.97 Å². The van der Waals surface area contributed by atoms with Crippen LogP contribution in [-0.4, -0.2) is 46.1 Å². The Bertz CT molecular complexity index is 909. The van der Waals surface area contributed by atoms with Crippen molar-refractivity contribution in [3.63, 3.8) is 0 Å². The van der Waals surface area contributed by atoms with Crippen LogP contribution >= 0.6 is 0 Å². The molecule has 0 saturated heterocycles. The topological polar surface area (TPSA) is 82.1 Å². The quantitative estimate of drug-likeness (QED) is 0.595. The highest BCUT2D eigenvalue weighted by molar-refractivity contribution is 7.89. The van der Waals surface area contributed by atoms with Crippen LogP contribution in [0.15, 0.2) is 47.4 Å². The fourth-order valence-electron chi connectivity index (χ4n) is 2.62. The van der Waals surface area contributed by atoms with Gasteiger partial charge in [-0.05, 0) is 43.7 Å². The molecule has 0 unspecified atom stereocenters. The van der Waals surface area contributed by atoms with Crippen molar-refractivity contribution in [2.45, 2.75) is 25.3 Å². The number of esters is 1. The minimum Gasteiger partial charge on any atom is -0.493 e. The standard InChI is InChI=1S/C20H25NO6S/c1-5-27-20(22)14-21(28(23,24)17-9-6-15(2)7-10-17)13-16-8-11-18(25-3)19(12-16)26-4/h6-12H,5,13-14H2,1-4H3. The van der Waals surface area contributed by atoms with Gasteiger partial charge in [0.15, 0.2) is 11.5 Å². The van der Waals surface area contributed by atoms with Crippen molar-refractivity contribution >= 4 is 16.0 Å². The number of carbonyl (C=O) groups excluding carboxylic acids is 1.